The van der Waals surface area contributed by atoms with Crippen LogP contribution in [-0.2, 0) is 0 Å². The molecule has 3 nitrogen and oxygen atoms in total. The van der Waals surface area contributed by atoms with Gasteiger partial charge < -0.3 is 9.64 Å². The molecule has 1 aliphatic heterocycles. The highest BCUT2D eigenvalue weighted by Gasteiger charge is 2.24. The van der Waals surface area contributed by atoms with Crippen LogP contribution in [0.2, 0.25) is 0 Å². The Kier molecular flexibility index (Phi) is 5.21. The Morgan fingerprint density at radius 1 is 1.29 bits per heavy atom. The lowest BCUT2D eigenvalue weighted by Gasteiger charge is -2.27. The number of hydrogen-bond donors (Lipinski definition) is 0. The number of halogens is 1. The molecule has 1 aliphatic rings. The van der Waals surface area contributed by atoms with Crippen LogP contribution in [0.5, 0.6) is 5.75 Å². The quantitative estimate of drug-likeness (QED) is 0.840. The molecule has 0 aliphatic carbocycles. The number of carbonyl (C=O) groups excluding carboxylic acids is 1. The number of ether oxygens (including phenoxy) is 1. The third-order valence-electron chi connectivity index (χ3n) is 3.89. The van der Waals surface area contributed by atoms with Gasteiger partial charge in [-0.05, 0) is 49.8 Å². The molecule has 0 N–H and O–H groups in total. The summed E-state index contributed by atoms with van der Waals surface area (Å²) >= 11 is 0. The first kappa shape index (κ1) is 15.8. The molecule has 1 aromatic carbocycles. The molecule has 2 rings (SSSR count). The summed E-state index contributed by atoms with van der Waals surface area (Å²) in [5.41, 5.74) is 0.939. The van der Waals surface area contributed by atoms with E-state index in [9.17, 15) is 9.18 Å². The number of likely N-dealkylation sites (tertiary alicyclic amines) is 1. The molecule has 0 spiro atoms. The third-order valence-corrected chi connectivity index (χ3v) is 3.89. The molecule has 1 amide bonds. The van der Waals surface area contributed by atoms with Crippen molar-refractivity contribution in [1.82, 2.24) is 4.90 Å². The molecule has 0 atom stereocenters. The van der Waals surface area contributed by atoms with Crippen molar-refractivity contribution in [2.24, 2.45) is 0 Å². The number of amides is 1. The standard InChI is InChI=1S/C17H24FNO2/c1-4-21-16-11-13(12(2)3)15(18)10-14(16)17(20)19-8-6-5-7-9-19/h10-12H,4-9H2,1-3H3. The predicted molar refractivity (Wildman–Crippen MR) is 81.4 cm³/mol. The van der Waals surface area contributed by atoms with Gasteiger partial charge in [-0.1, -0.05) is 13.8 Å². The minimum absolute atomic E-state index is 0.0587. The lowest BCUT2D eigenvalue weighted by Crippen LogP contribution is -2.36. The van der Waals surface area contributed by atoms with Gasteiger partial charge in [0.2, 0.25) is 0 Å². The van der Waals surface area contributed by atoms with Crippen LogP contribution in [0.1, 0.15) is 61.9 Å². The number of benzene rings is 1. The van der Waals surface area contributed by atoms with Crippen molar-refractivity contribution in [1.29, 1.82) is 0 Å². The Morgan fingerprint density at radius 2 is 1.95 bits per heavy atom. The summed E-state index contributed by atoms with van der Waals surface area (Å²) in [5.74, 6) is 0.114. The normalized spacial score (nSPS) is 15.4. The lowest BCUT2D eigenvalue weighted by atomic mass is 9.99. The number of piperidine rings is 1. The molecular weight excluding hydrogens is 269 g/mol. The van der Waals surface area contributed by atoms with Gasteiger partial charge in [0.1, 0.15) is 11.6 Å². The first-order valence-corrected chi connectivity index (χ1v) is 7.80. The van der Waals surface area contributed by atoms with Crippen LogP contribution in [0.25, 0.3) is 0 Å². The van der Waals surface area contributed by atoms with E-state index in [2.05, 4.69) is 0 Å². The number of hydrogen-bond acceptors (Lipinski definition) is 2. The minimum Gasteiger partial charge on any atom is -0.493 e. The molecule has 0 radical (unpaired) electrons. The fraction of sp³-hybridized carbons (Fsp3) is 0.588. The van der Waals surface area contributed by atoms with E-state index in [4.69, 9.17) is 4.74 Å². The second-order valence-corrected chi connectivity index (χ2v) is 5.81. The number of nitrogens with zero attached hydrogens (tertiary/aromatic N) is 1. The SMILES string of the molecule is CCOc1cc(C(C)C)c(F)cc1C(=O)N1CCCCC1. The Balaban J connectivity index is 2.36. The van der Waals surface area contributed by atoms with E-state index in [-0.39, 0.29) is 17.6 Å². The van der Waals surface area contributed by atoms with Crippen molar-refractivity contribution in [3.8, 4) is 5.75 Å². The van der Waals surface area contributed by atoms with Crippen molar-refractivity contribution in [2.75, 3.05) is 19.7 Å². The Hall–Kier alpha value is -1.58. The zero-order valence-electron chi connectivity index (χ0n) is 13.1. The zero-order chi connectivity index (χ0) is 15.4. The van der Waals surface area contributed by atoms with Gasteiger partial charge in [0, 0.05) is 13.1 Å². The summed E-state index contributed by atoms with van der Waals surface area (Å²) in [7, 11) is 0. The van der Waals surface area contributed by atoms with Crippen LogP contribution in [0.4, 0.5) is 4.39 Å². The van der Waals surface area contributed by atoms with Crippen LogP contribution >= 0.6 is 0 Å². The molecule has 0 saturated carbocycles. The molecule has 0 unspecified atom stereocenters. The van der Waals surface area contributed by atoms with E-state index in [1.807, 2.05) is 20.8 Å². The number of carbonyl (C=O) groups is 1. The largest absolute Gasteiger partial charge is 0.493 e. The molecule has 0 aromatic heterocycles. The van der Waals surface area contributed by atoms with Crippen molar-refractivity contribution < 1.29 is 13.9 Å². The van der Waals surface area contributed by atoms with E-state index in [0.717, 1.165) is 32.4 Å². The van der Waals surface area contributed by atoms with Gasteiger partial charge in [0.25, 0.3) is 5.91 Å². The summed E-state index contributed by atoms with van der Waals surface area (Å²) in [6.45, 7) is 7.69. The Bertz CT molecular complexity index is 508. The molecule has 1 saturated heterocycles. The summed E-state index contributed by atoms with van der Waals surface area (Å²) in [6.07, 6.45) is 3.19. The first-order valence-electron chi connectivity index (χ1n) is 7.80. The maximum absolute atomic E-state index is 14.2. The maximum Gasteiger partial charge on any atom is 0.257 e. The summed E-state index contributed by atoms with van der Waals surface area (Å²) in [4.78, 5) is 14.4. The van der Waals surface area contributed by atoms with Crippen molar-refractivity contribution >= 4 is 5.91 Å². The summed E-state index contributed by atoms with van der Waals surface area (Å²) in [5, 5.41) is 0. The lowest BCUT2D eigenvalue weighted by molar-refractivity contribution is 0.0719. The topological polar surface area (TPSA) is 29.5 Å². The fourth-order valence-electron chi connectivity index (χ4n) is 2.72. The Morgan fingerprint density at radius 3 is 2.52 bits per heavy atom. The van der Waals surface area contributed by atoms with Gasteiger partial charge in [-0.25, -0.2) is 4.39 Å². The van der Waals surface area contributed by atoms with E-state index in [1.54, 1.807) is 11.0 Å². The second kappa shape index (κ2) is 6.92. The maximum atomic E-state index is 14.2. The second-order valence-electron chi connectivity index (χ2n) is 5.81. The van der Waals surface area contributed by atoms with Crippen LogP contribution in [-0.4, -0.2) is 30.5 Å². The predicted octanol–water partition coefficient (Wildman–Crippen LogP) is 3.97. The Labute approximate surface area is 126 Å². The monoisotopic (exact) mass is 293 g/mol. The van der Waals surface area contributed by atoms with Gasteiger partial charge in [-0.15, -0.1) is 0 Å². The van der Waals surface area contributed by atoms with E-state index < -0.39 is 0 Å². The summed E-state index contributed by atoms with van der Waals surface area (Å²) < 4.78 is 19.8. The van der Waals surface area contributed by atoms with Crippen molar-refractivity contribution in [3.05, 3.63) is 29.1 Å². The van der Waals surface area contributed by atoms with E-state index >= 15 is 0 Å². The van der Waals surface area contributed by atoms with E-state index in [1.165, 1.54) is 6.07 Å². The molecule has 0 bridgehead atoms. The molecule has 1 heterocycles. The van der Waals surface area contributed by atoms with Crippen molar-refractivity contribution in [2.45, 2.75) is 46.0 Å². The van der Waals surface area contributed by atoms with Crippen LogP contribution < -0.4 is 4.74 Å². The first-order chi connectivity index (χ1) is 10.0. The van der Waals surface area contributed by atoms with Gasteiger partial charge in [-0.2, -0.15) is 0 Å². The van der Waals surface area contributed by atoms with Gasteiger partial charge in [-0.3, -0.25) is 4.79 Å². The van der Waals surface area contributed by atoms with Crippen LogP contribution in [0.3, 0.4) is 0 Å². The highest BCUT2D eigenvalue weighted by Crippen LogP contribution is 2.29. The molecule has 4 heteroatoms. The van der Waals surface area contributed by atoms with Crippen molar-refractivity contribution in [3.63, 3.8) is 0 Å². The number of rotatable bonds is 4. The fourth-order valence-corrected chi connectivity index (χ4v) is 2.72. The smallest absolute Gasteiger partial charge is 0.257 e. The molecular formula is C17H24FNO2. The van der Waals surface area contributed by atoms with E-state index in [0.29, 0.717) is 23.5 Å². The third kappa shape index (κ3) is 3.55. The van der Waals surface area contributed by atoms with Gasteiger partial charge >= 0.3 is 0 Å². The molecule has 21 heavy (non-hydrogen) atoms. The average molecular weight is 293 g/mol. The van der Waals surface area contributed by atoms with Crippen LogP contribution in [0.15, 0.2) is 12.1 Å². The van der Waals surface area contributed by atoms with Gasteiger partial charge in [0.05, 0.1) is 12.2 Å². The van der Waals surface area contributed by atoms with Crippen LogP contribution in [0, 0.1) is 5.82 Å². The van der Waals surface area contributed by atoms with Gasteiger partial charge in [0.15, 0.2) is 0 Å². The summed E-state index contributed by atoms with van der Waals surface area (Å²) in [6, 6.07) is 3.03. The highest BCUT2D eigenvalue weighted by atomic mass is 19.1. The molecule has 1 fully saturated rings. The molecule has 1 aromatic rings. The minimum atomic E-state index is -0.325. The highest BCUT2D eigenvalue weighted by molar-refractivity contribution is 5.97. The average Bonchev–Trinajstić information content (AvgIpc) is 2.48. The zero-order valence-corrected chi connectivity index (χ0v) is 13.1. The molecule has 116 valence electrons.